The van der Waals surface area contributed by atoms with Crippen molar-refractivity contribution in [1.29, 1.82) is 0 Å². The van der Waals surface area contributed by atoms with Gasteiger partial charge < -0.3 is 10.2 Å². The lowest BCUT2D eigenvalue weighted by atomic mass is 10.0. The molecular weight excluding hydrogens is 268 g/mol. The van der Waals surface area contributed by atoms with Gasteiger partial charge in [0.1, 0.15) is 5.52 Å². The number of hydrogen-bond donors (Lipinski definition) is 1. The molecule has 2 N–H and O–H groups in total. The number of rotatable bonds is 3. The van der Waals surface area contributed by atoms with Gasteiger partial charge in [-0.3, -0.25) is 0 Å². The third kappa shape index (κ3) is 2.65. The molecule has 0 unspecified atom stereocenters. The summed E-state index contributed by atoms with van der Waals surface area (Å²) in [4.78, 5) is 5.56. The second-order valence-electron chi connectivity index (χ2n) is 5.03. The zero-order chi connectivity index (χ0) is 14.1. The first-order valence-corrected chi connectivity index (χ1v) is 7.37. The van der Waals surface area contributed by atoms with E-state index in [1.807, 2.05) is 18.2 Å². The predicted molar refractivity (Wildman–Crippen MR) is 83.1 cm³/mol. The summed E-state index contributed by atoms with van der Waals surface area (Å²) in [6.45, 7) is 4.38. The van der Waals surface area contributed by atoms with E-state index in [1.165, 1.54) is 17.3 Å². The van der Waals surface area contributed by atoms with Crippen LogP contribution in [0.3, 0.4) is 0 Å². The van der Waals surface area contributed by atoms with E-state index < -0.39 is 0 Å². The average molecular weight is 284 g/mol. The summed E-state index contributed by atoms with van der Waals surface area (Å²) in [5.74, 6) is 0.543. The quantitative estimate of drug-likeness (QED) is 0.709. The lowest BCUT2D eigenvalue weighted by molar-refractivity contribution is 0.489. The highest BCUT2D eigenvalue weighted by Gasteiger charge is 2.08. The van der Waals surface area contributed by atoms with Crippen LogP contribution in [0.1, 0.15) is 25.3 Å². The molecule has 0 spiro atoms. The van der Waals surface area contributed by atoms with E-state index in [9.17, 15) is 0 Å². The second-order valence-corrected chi connectivity index (χ2v) is 6.06. The number of fused-ring (bicyclic) bond motifs is 1. The molecule has 0 aliphatic heterocycles. The highest BCUT2D eigenvalue weighted by molar-refractivity contribution is 7.99. The molecule has 1 heterocycles. The van der Waals surface area contributed by atoms with Crippen molar-refractivity contribution < 1.29 is 4.42 Å². The Kier molecular flexibility index (Phi) is 3.40. The molecule has 1 aromatic heterocycles. The monoisotopic (exact) mass is 284 g/mol. The minimum atomic E-state index is 0.543. The molecule has 0 bridgehead atoms. The van der Waals surface area contributed by atoms with Crippen molar-refractivity contribution in [3.8, 4) is 0 Å². The molecule has 2 aromatic carbocycles. The average Bonchev–Trinajstić information content (AvgIpc) is 2.80. The summed E-state index contributed by atoms with van der Waals surface area (Å²) in [6.07, 6.45) is 0. The third-order valence-corrected chi connectivity index (χ3v) is 4.00. The molecule has 3 rings (SSSR count). The van der Waals surface area contributed by atoms with Gasteiger partial charge in [0, 0.05) is 10.6 Å². The molecule has 0 fully saturated rings. The lowest BCUT2D eigenvalue weighted by Gasteiger charge is -2.05. The lowest BCUT2D eigenvalue weighted by Crippen LogP contribution is -1.85. The zero-order valence-corrected chi connectivity index (χ0v) is 12.3. The van der Waals surface area contributed by atoms with Gasteiger partial charge in [-0.2, -0.15) is 0 Å². The number of anilines is 1. The fourth-order valence-electron chi connectivity index (χ4n) is 1.99. The van der Waals surface area contributed by atoms with Crippen LogP contribution in [0.5, 0.6) is 0 Å². The summed E-state index contributed by atoms with van der Waals surface area (Å²) in [6, 6.07) is 14.0. The molecule has 4 heteroatoms. The Labute approximate surface area is 122 Å². The number of aromatic nitrogens is 1. The van der Waals surface area contributed by atoms with Gasteiger partial charge in [-0.25, -0.2) is 4.98 Å². The summed E-state index contributed by atoms with van der Waals surface area (Å²) in [5.41, 5.74) is 9.33. The SMILES string of the molecule is CC(C)c1ccc(Sc2nc3cc(N)ccc3o2)cc1. The molecule has 0 saturated heterocycles. The van der Waals surface area contributed by atoms with Crippen LogP contribution in [0, 0.1) is 0 Å². The first-order valence-electron chi connectivity index (χ1n) is 6.56. The molecule has 0 amide bonds. The van der Waals surface area contributed by atoms with Gasteiger partial charge in [-0.1, -0.05) is 26.0 Å². The van der Waals surface area contributed by atoms with Gasteiger partial charge in [-0.05, 0) is 53.6 Å². The fourth-order valence-corrected chi connectivity index (χ4v) is 2.74. The van der Waals surface area contributed by atoms with Crippen molar-refractivity contribution in [3.63, 3.8) is 0 Å². The standard InChI is InChI=1S/C16H16N2OS/c1-10(2)11-3-6-13(7-4-11)20-16-18-14-9-12(17)5-8-15(14)19-16/h3-10H,17H2,1-2H3. The van der Waals surface area contributed by atoms with E-state index in [1.54, 1.807) is 0 Å². The van der Waals surface area contributed by atoms with E-state index in [2.05, 4.69) is 43.1 Å². The Bertz CT molecular complexity index is 732. The Morgan fingerprint density at radius 1 is 1.10 bits per heavy atom. The number of hydrogen-bond acceptors (Lipinski definition) is 4. The van der Waals surface area contributed by atoms with Crippen molar-refractivity contribution >= 4 is 28.5 Å². The molecule has 0 aliphatic rings. The van der Waals surface area contributed by atoms with Crippen molar-refractivity contribution in [3.05, 3.63) is 48.0 Å². The van der Waals surface area contributed by atoms with Gasteiger partial charge in [-0.15, -0.1) is 0 Å². The highest BCUT2D eigenvalue weighted by Crippen LogP contribution is 2.31. The Morgan fingerprint density at radius 2 is 1.85 bits per heavy atom. The summed E-state index contributed by atoms with van der Waals surface area (Å²) >= 11 is 1.52. The maximum atomic E-state index is 5.74. The van der Waals surface area contributed by atoms with Crippen molar-refractivity contribution in [2.75, 3.05) is 5.73 Å². The molecular formula is C16H16N2OS. The highest BCUT2D eigenvalue weighted by atomic mass is 32.2. The van der Waals surface area contributed by atoms with Crippen LogP contribution in [0.4, 0.5) is 5.69 Å². The number of nitrogens with zero attached hydrogens (tertiary/aromatic N) is 1. The summed E-state index contributed by atoms with van der Waals surface area (Å²) in [5, 5.41) is 0.642. The normalized spacial score (nSPS) is 11.3. The molecule has 20 heavy (non-hydrogen) atoms. The zero-order valence-electron chi connectivity index (χ0n) is 11.5. The van der Waals surface area contributed by atoms with Gasteiger partial charge in [0.15, 0.2) is 5.58 Å². The maximum Gasteiger partial charge on any atom is 0.261 e. The van der Waals surface area contributed by atoms with Gasteiger partial charge in [0.2, 0.25) is 0 Å². The van der Waals surface area contributed by atoms with Crippen LogP contribution in [-0.2, 0) is 0 Å². The van der Waals surface area contributed by atoms with E-state index in [0.29, 0.717) is 16.8 Å². The Hall–Kier alpha value is -1.94. The largest absolute Gasteiger partial charge is 0.431 e. The van der Waals surface area contributed by atoms with Crippen molar-refractivity contribution in [2.24, 2.45) is 0 Å². The van der Waals surface area contributed by atoms with Gasteiger partial charge >= 0.3 is 0 Å². The van der Waals surface area contributed by atoms with Gasteiger partial charge in [0.25, 0.3) is 5.22 Å². The van der Waals surface area contributed by atoms with Crippen LogP contribution < -0.4 is 5.73 Å². The molecule has 3 aromatic rings. The third-order valence-electron chi connectivity index (χ3n) is 3.14. The molecule has 0 radical (unpaired) electrons. The number of oxazole rings is 1. The minimum Gasteiger partial charge on any atom is -0.431 e. The molecule has 0 aliphatic carbocycles. The number of benzene rings is 2. The van der Waals surface area contributed by atoms with Crippen molar-refractivity contribution in [1.82, 2.24) is 4.98 Å². The molecule has 102 valence electrons. The van der Waals surface area contributed by atoms with Crippen molar-refractivity contribution in [2.45, 2.75) is 29.9 Å². The van der Waals surface area contributed by atoms with E-state index in [0.717, 1.165) is 16.0 Å². The molecule has 3 nitrogen and oxygen atoms in total. The van der Waals surface area contributed by atoms with Crippen LogP contribution in [-0.4, -0.2) is 4.98 Å². The predicted octanol–water partition coefficient (Wildman–Crippen LogP) is 4.68. The number of nitrogens with two attached hydrogens (primary N) is 1. The van der Waals surface area contributed by atoms with E-state index in [4.69, 9.17) is 10.2 Å². The second kappa shape index (κ2) is 5.21. The van der Waals surface area contributed by atoms with Crippen LogP contribution >= 0.6 is 11.8 Å². The van der Waals surface area contributed by atoms with Crippen LogP contribution in [0.2, 0.25) is 0 Å². The van der Waals surface area contributed by atoms with E-state index >= 15 is 0 Å². The Morgan fingerprint density at radius 3 is 2.55 bits per heavy atom. The first-order chi connectivity index (χ1) is 9.61. The van der Waals surface area contributed by atoms with Gasteiger partial charge in [0.05, 0.1) is 0 Å². The summed E-state index contributed by atoms with van der Waals surface area (Å²) < 4.78 is 5.70. The fraction of sp³-hybridized carbons (Fsp3) is 0.188. The summed E-state index contributed by atoms with van der Waals surface area (Å²) in [7, 11) is 0. The van der Waals surface area contributed by atoms with E-state index in [-0.39, 0.29) is 0 Å². The Balaban J connectivity index is 1.85. The number of nitrogen functional groups attached to an aromatic ring is 1. The molecule has 0 atom stereocenters. The smallest absolute Gasteiger partial charge is 0.261 e. The topological polar surface area (TPSA) is 52.0 Å². The maximum absolute atomic E-state index is 5.74. The van der Waals surface area contributed by atoms with Crippen LogP contribution in [0.25, 0.3) is 11.1 Å². The molecule has 0 saturated carbocycles. The van der Waals surface area contributed by atoms with Crippen LogP contribution in [0.15, 0.2) is 57.0 Å². The minimum absolute atomic E-state index is 0.543. The first kappa shape index (κ1) is 13.1.